The van der Waals surface area contributed by atoms with Gasteiger partial charge in [-0.2, -0.15) is 0 Å². The Morgan fingerprint density at radius 2 is 1.56 bits per heavy atom. The first-order valence-corrected chi connectivity index (χ1v) is 7.46. The maximum absolute atomic E-state index is 5.83. The molecule has 2 unspecified atom stereocenters. The lowest BCUT2D eigenvalue weighted by atomic mass is 9.80. The maximum atomic E-state index is 5.83. The molecule has 18 heavy (non-hydrogen) atoms. The Balaban J connectivity index is 4.84. The van der Waals surface area contributed by atoms with Crippen LogP contribution in [0.5, 0.6) is 0 Å². The second-order valence-corrected chi connectivity index (χ2v) is 6.70. The van der Waals surface area contributed by atoms with E-state index >= 15 is 0 Å². The molecule has 3 nitrogen and oxygen atoms in total. The average molecular weight is 257 g/mol. The highest BCUT2D eigenvalue weighted by atomic mass is 15.3. The molecule has 2 atom stereocenters. The van der Waals surface area contributed by atoms with Crippen LogP contribution in [-0.2, 0) is 0 Å². The lowest BCUT2D eigenvalue weighted by Crippen LogP contribution is -2.60. The fraction of sp³-hybridized carbons (Fsp3) is 1.00. The Kier molecular flexibility index (Phi) is 7.41. The molecule has 3 heteroatoms. The number of rotatable bonds is 8. The molecule has 0 aromatic heterocycles. The van der Waals surface area contributed by atoms with E-state index in [0.717, 1.165) is 25.9 Å². The van der Waals surface area contributed by atoms with Crippen LogP contribution in [0.4, 0.5) is 0 Å². The molecule has 0 aliphatic carbocycles. The molecule has 0 bridgehead atoms. The Hall–Kier alpha value is -0.120. The Morgan fingerprint density at radius 1 is 1.06 bits per heavy atom. The standard InChI is InChI=1S/C15H35N3/c1-8-15(7,18(9-2)10-3)13(17-16)11-12-14(4,5)6/h13,17H,8-12,16H2,1-7H3. The van der Waals surface area contributed by atoms with Crippen molar-refractivity contribution in [1.29, 1.82) is 0 Å². The van der Waals surface area contributed by atoms with E-state index in [0.29, 0.717) is 11.5 Å². The zero-order valence-corrected chi connectivity index (χ0v) is 13.6. The first kappa shape index (κ1) is 17.9. The molecule has 0 heterocycles. The Morgan fingerprint density at radius 3 is 1.83 bits per heavy atom. The molecule has 0 spiro atoms. The van der Waals surface area contributed by atoms with Gasteiger partial charge in [-0.3, -0.25) is 16.2 Å². The molecule has 0 saturated heterocycles. The third kappa shape index (κ3) is 4.87. The Bertz CT molecular complexity index is 218. The van der Waals surface area contributed by atoms with Crippen LogP contribution in [0.1, 0.15) is 67.7 Å². The van der Waals surface area contributed by atoms with E-state index in [4.69, 9.17) is 5.84 Å². The number of hydrazine groups is 1. The number of hydrogen-bond acceptors (Lipinski definition) is 3. The molecule has 0 radical (unpaired) electrons. The molecule has 0 amide bonds. The molecule has 0 fully saturated rings. The number of hydrogen-bond donors (Lipinski definition) is 2. The van der Waals surface area contributed by atoms with Crippen molar-refractivity contribution >= 4 is 0 Å². The largest absolute Gasteiger partial charge is 0.297 e. The minimum Gasteiger partial charge on any atom is -0.297 e. The number of nitrogens with zero attached hydrogens (tertiary/aromatic N) is 1. The van der Waals surface area contributed by atoms with Gasteiger partial charge in [-0.25, -0.2) is 0 Å². The second kappa shape index (κ2) is 7.46. The van der Waals surface area contributed by atoms with Crippen LogP contribution in [0.15, 0.2) is 0 Å². The van der Waals surface area contributed by atoms with Crippen molar-refractivity contribution in [2.75, 3.05) is 13.1 Å². The van der Waals surface area contributed by atoms with Crippen LogP contribution >= 0.6 is 0 Å². The van der Waals surface area contributed by atoms with Gasteiger partial charge in [-0.15, -0.1) is 0 Å². The smallest absolute Gasteiger partial charge is 0.0392 e. The average Bonchev–Trinajstić information content (AvgIpc) is 2.29. The molecule has 0 aromatic carbocycles. The summed E-state index contributed by atoms with van der Waals surface area (Å²) < 4.78 is 0. The molecule has 3 N–H and O–H groups in total. The molecule has 0 rings (SSSR count). The number of nitrogens with one attached hydrogen (secondary N) is 1. The van der Waals surface area contributed by atoms with Gasteiger partial charge in [0.15, 0.2) is 0 Å². The van der Waals surface area contributed by atoms with E-state index in [-0.39, 0.29) is 5.54 Å². The lowest BCUT2D eigenvalue weighted by molar-refractivity contribution is 0.0620. The highest BCUT2D eigenvalue weighted by molar-refractivity contribution is 4.95. The van der Waals surface area contributed by atoms with Crippen LogP contribution in [-0.4, -0.2) is 29.6 Å². The van der Waals surface area contributed by atoms with Crippen LogP contribution in [0.25, 0.3) is 0 Å². The van der Waals surface area contributed by atoms with Crippen LogP contribution in [0, 0.1) is 5.41 Å². The summed E-state index contributed by atoms with van der Waals surface area (Å²) in [6.45, 7) is 18.1. The third-order valence-corrected chi connectivity index (χ3v) is 4.34. The summed E-state index contributed by atoms with van der Waals surface area (Å²) in [5, 5.41) is 0. The summed E-state index contributed by atoms with van der Waals surface area (Å²) >= 11 is 0. The molecule has 0 saturated carbocycles. The minimum absolute atomic E-state index is 0.142. The van der Waals surface area contributed by atoms with Crippen molar-refractivity contribution in [2.24, 2.45) is 11.3 Å². The van der Waals surface area contributed by atoms with Gasteiger partial charge in [0.1, 0.15) is 0 Å². The zero-order chi connectivity index (χ0) is 14.4. The third-order valence-electron chi connectivity index (χ3n) is 4.34. The van der Waals surface area contributed by atoms with Crippen LogP contribution in [0.3, 0.4) is 0 Å². The Labute approximate surface area is 114 Å². The molecular formula is C15H35N3. The topological polar surface area (TPSA) is 41.3 Å². The van der Waals surface area contributed by atoms with Gasteiger partial charge in [0, 0.05) is 11.6 Å². The van der Waals surface area contributed by atoms with Crippen molar-refractivity contribution in [2.45, 2.75) is 79.3 Å². The van der Waals surface area contributed by atoms with Gasteiger partial charge in [0.25, 0.3) is 0 Å². The van der Waals surface area contributed by atoms with Gasteiger partial charge < -0.3 is 0 Å². The number of likely N-dealkylation sites (N-methyl/N-ethyl adjacent to an activating group) is 1. The highest BCUT2D eigenvalue weighted by Gasteiger charge is 2.36. The fourth-order valence-corrected chi connectivity index (χ4v) is 2.79. The summed E-state index contributed by atoms with van der Waals surface area (Å²) in [7, 11) is 0. The normalized spacial score (nSPS) is 17.8. The van der Waals surface area contributed by atoms with E-state index in [1.54, 1.807) is 0 Å². The van der Waals surface area contributed by atoms with Crippen molar-refractivity contribution < 1.29 is 0 Å². The predicted molar refractivity (Wildman–Crippen MR) is 81.4 cm³/mol. The van der Waals surface area contributed by atoms with E-state index in [2.05, 4.69) is 58.8 Å². The van der Waals surface area contributed by atoms with Gasteiger partial charge >= 0.3 is 0 Å². The van der Waals surface area contributed by atoms with Gasteiger partial charge in [0.05, 0.1) is 0 Å². The monoisotopic (exact) mass is 257 g/mol. The first-order valence-electron chi connectivity index (χ1n) is 7.46. The van der Waals surface area contributed by atoms with E-state index in [9.17, 15) is 0 Å². The second-order valence-electron chi connectivity index (χ2n) is 6.70. The molecule has 110 valence electrons. The zero-order valence-electron chi connectivity index (χ0n) is 13.6. The molecule has 0 aliphatic rings. The van der Waals surface area contributed by atoms with Crippen molar-refractivity contribution in [3.63, 3.8) is 0 Å². The summed E-state index contributed by atoms with van der Waals surface area (Å²) in [6.07, 6.45) is 3.44. The lowest BCUT2D eigenvalue weighted by Gasteiger charge is -2.46. The van der Waals surface area contributed by atoms with Crippen LogP contribution in [0.2, 0.25) is 0 Å². The highest BCUT2D eigenvalue weighted by Crippen LogP contribution is 2.29. The quantitative estimate of drug-likeness (QED) is 0.518. The molecular weight excluding hydrogens is 222 g/mol. The summed E-state index contributed by atoms with van der Waals surface area (Å²) in [5.41, 5.74) is 3.58. The van der Waals surface area contributed by atoms with Crippen molar-refractivity contribution in [3.05, 3.63) is 0 Å². The maximum Gasteiger partial charge on any atom is 0.0392 e. The van der Waals surface area contributed by atoms with Gasteiger partial charge in [0.2, 0.25) is 0 Å². The minimum atomic E-state index is 0.142. The van der Waals surface area contributed by atoms with E-state index in [1.807, 2.05) is 0 Å². The van der Waals surface area contributed by atoms with Gasteiger partial charge in [-0.1, -0.05) is 41.5 Å². The SMILES string of the molecule is CCN(CC)C(C)(CC)C(CCC(C)(C)C)NN. The summed E-state index contributed by atoms with van der Waals surface area (Å²) in [4.78, 5) is 2.53. The summed E-state index contributed by atoms with van der Waals surface area (Å²) in [6, 6.07) is 0.349. The van der Waals surface area contributed by atoms with Crippen molar-refractivity contribution in [3.8, 4) is 0 Å². The summed E-state index contributed by atoms with van der Waals surface area (Å²) in [5.74, 6) is 5.83. The van der Waals surface area contributed by atoms with E-state index < -0.39 is 0 Å². The molecule has 0 aromatic rings. The predicted octanol–water partition coefficient (Wildman–Crippen LogP) is 3.16. The first-order chi connectivity index (χ1) is 8.25. The molecule has 0 aliphatic heterocycles. The van der Waals surface area contributed by atoms with Crippen LogP contribution < -0.4 is 11.3 Å². The van der Waals surface area contributed by atoms with Gasteiger partial charge in [-0.05, 0) is 44.7 Å². The van der Waals surface area contributed by atoms with E-state index in [1.165, 1.54) is 6.42 Å². The fourth-order valence-electron chi connectivity index (χ4n) is 2.79. The number of nitrogens with two attached hydrogens (primary N) is 1. The van der Waals surface area contributed by atoms with Crippen molar-refractivity contribution in [1.82, 2.24) is 10.3 Å².